The molecule has 140 valence electrons. The molecule has 0 saturated carbocycles. The molecule has 1 aliphatic heterocycles. The predicted octanol–water partition coefficient (Wildman–Crippen LogP) is 1.47. The topological polar surface area (TPSA) is 75.9 Å². The average molecular weight is 366 g/mol. The van der Waals surface area contributed by atoms with Crippen LogP contribution >= 0.6 is 0 Å². The standard InChI is InChI=1S/C19H22N6O2/c1-14-5-3-4-6-16(14)27-12-18(26)24-9-7-23(8-10-24)17-11-15(2)25-13-20-22-19(25)21-17/h3-6,11,13H,7-10,12H2,1-2H3. The van der Waals surface area contributed by atoms with E-state index in [1.807, 2.05) is 53.5 Å². The number of piperazine rings is 1. The van der Waals surface area contributed by atoms with Crippen LogP contribution in [-0.2, 0) is 4.79 Å². The molecule has 0 unspecified atom stereocenters. The van der Waals surface area contributed by atoms with Gasteiger partial charge in [-0.15, -0.1) is 10.2 Å². The van der Waals surface area contributed by atoms with E-state index >= 15 is 0 Å². The van der Waals surface area contributed by atoms with Crippen LogP contribution in [-0.4, -0.2) is 63.2 Å². The van der Waals surface area contributed by atoms with Crippen molar-refractivity contribution >= 4 is 17.5 Å². The molecule has 1 amide bonds. The normalized spacial score (nSPS) is 14.6. The molecule has 3 aromatic rings. The zero-order valence-electron chi connectivity index (χ0n) is 15.5. The van der Waals surface area contributed by atoms with Crippen LogP contribution in [0.3, 0.4) is 0 Å². The van der Waals surface area contributed by atoms with Crippen LogP contribution in [0.2, 0.25) is 0 Å². The zero-order valence-corrected chi connectivity index (χ0v) is 15.5. The summed E-state index contributed by atoms with van der Waals surface area (Å²) in [4.78, 5) is 21.0. The van der Waals surface area contributed by atoms with Crippen molar-refractivity contribution in [2.45, 2.75) is 13.8 Å². The number of hydrogen-bond donors (Lipinski definition) is 0. The molecule has 8 heteroatoms. The predicted molar refractivity (Wildman–Crippen MR) is 101 cm³/mol. The largest absolute Gasteiger partial charge is 0.484 e. The molecule has 0 radical (unpaired) electrons. The van der Waals surface area contributed by atoms with Crippen molar-refractivity contribution in [1.29, 1.82) is 0 Å². The van der Waals surface area contributed by atoms with E-state index in [0.717, 1.165) is 35.9 Å². The molecule has 0 aliphatic carbocycles. The first-order valence-electron chi connectivity index (χ1n) is 9.00. The quantitative estimate of drug-likeness (QED) is 0.696. The van der Waals surface area contributed by atoms with Crippen LogP contribution in [0.1, 0.15) is 11.3 Å². The fourth-order valence-corrected chi connectivity index (χ4v) is 3.24. The van der Waals surface area contributed by atoms with Gasteiger partial charge in [0.15, 0.2) is 6.61 Å². The van der Waals surface area contributed by atoms with E-state index in [1.54, 1.807) is 6.33 Å². The first-order valence-corrected chi connectivity index (χ1v) is 9.00. The number of hydrogen-bond acceptors (Lipinski definition) is 6. The van der Waals surface area contributed by atoms with E-state index in [4.69, 9.17) is 4.74 Å². The molecule has 27 heavy (non-hydrogen) atoms. The molecule has 0 spiro atoms. The third-order valence-electron chi connectivity index (χ3n) is 4.86. The van der Waals surface area contributed by atoms with E-state index in [1.165, 1.54) is 0 Å². The number of fused-ring (bicyclic) bond motifs is 1. The summed E-state index contributed by atoms with van der Waals surface area (Å²) in [5.74, 6) is 2.23. The highest BCUT2D eigenvalue weighted by molar-refractivity contribution is 5.78. The minimum Gasteiger partial charge on any atom is -0.484 e. The maximum absolute atomic E-state index is 12.5. The second-order valence-corrected chi connectivity index (χ2v) is 6.68. The van der Waals surface area contributed by atoms with Crippen LogP contribution in [0.25, 0.3) is 5.78 Å². The van der Waals surface area contributed by atoms with Gasteiger partial charge in [-0.25, -0.2) is 0 Å². The Hall–Kier alpha value is -3.16. The second-order valence-electron chi connectivity index (χ2n) is 6.68. The Labute approximate surface area is 157 Å². The smallest absolute Gasteiger partial charge is 0.260 e. The fourth-order valence-electron chi connectivity index (χ4n) is 3.24. The molecule has 8 nitrogen and oxygen atoms in total. The Bertz CT molecular complexity index is 962. The van der Waals surface area contributed by atoms with Crippen LogP contribution in [0.15, 0.2) is 36.7 Å². The maximum Gasteiger partial charge on any atom is 0.260 e. The number of ether oxygens (including phenoxy) is 1. The Kier molecular flexibility index (Phi) is 4.62. The summed E-state index contributed by atoms with van der Waals surface area (Å²) in [6, 6.07) is 9.74. The Morgan fingerprint density at radius 3 is 2.70 bits per heavy atom. The molecular weight excluding hydrogens is 344 g/mol. The van der Waals surface area contributed by atoms with Crippen LogP contribution in [0, 0.1) is 13.8 Å². The van der Waals surface area contributed by atoms with Gasteiger partial charge in [0.05, 0.1) is 0 Å². The number of anilines is 1. The number of rotatable bonds is 4. The number of benzene rings is 1. The van der Waals surface area contributed by atoms with Gasteiger partial charge < -0.3 is 14.5 Å². The highest BCUT2D eigenvalue weighted by atomic mass is 16.5. The first-order chi connectivity index (χ1) is 13.1. The lowest BCUT2D eigenvalue weighted by Gasteiger charge is -2.35. The summed E-state index contributed by atoms with van der Waals surface area (Å²) in [5, 5.41) is 7.93. The Morgan fingerprint density at radius 1 is 1.15 bits per heavy atom. The summed E-state index contributed by atoms with van der Waals surface area (Å²) in [6.07, 6.45) is 1.66. The van der Waals surface area contributed by atoms with Crippen molar-refractivity contribution < 1.29 is 9.53 Å². The Morgan fingerprint density at radius 2 is 1.93 bits per heavy atom. The summed E-state index contributed by atoms with van der Waals surface area (Å²) < 4.78 is 7.54. The minimum atomic E-state index is 0.00921. The van der Waals surface area contributed by atoms with Gasteiger partial charge in [0, 0.05) is 37.9 Å². The van der Waals surface area contributed by atoms with Gasteiger partial charge in [-0.3, -0.25) is 9.20 Å². The summed E-state index contributed by atoms with van der Waals surface area (Å²) >= 11 is 0. The molecule has 3 heterocycles. The summed E-state index contributed by atoms with van der Waals surface area (Å²) in [7, 11) is 0. The number of nitrogens with zero attached hydrogens (tertiary/aromatic N) is 6. The summed E-state index contributed by atoms with van der Waals surface area (Å²) in [6.45, 7) is 6.79. The number of carbonyl (C=O) groups excluding carboxylic acids is 1. The van der Waals surface area contributed by atoms with Gasteiger partial charge in [0.25, 0.3) is 11.7 Å². The lowest BCUT2D eigenvalue weighted by molar-refractivity contribution is -0.133. The molecular formula is C19H22N6O2. The van der Waals surface area contributed by atoms with Crippen molar-refractivity contribution in [3.05, 3.63) is 47.9 Å². The molecule has 1 aliphatic rings. The van der Waals surface area contributed by atoms with Crippen molar-refractivity contribution in [2.75, 3.05) is 37.7 Å². The molecule has 4 rings (SSSR count). The fraction of sp³-hybridized carbons (Fsp3) is 0.368. The van der Waals surface area contributed by atoms with Crippen LogP contribution < -0.4 is 9.64 Å². The van der Waals surface area contributed by atoms with Crippen LogP contribution in [0.5, 0.6) is 5.75 Å². The lowest BCUT2D eigenvalue weighted by Crippen LogP contribution is -2.50. The molecule has 0 atom stereocenters. The zero-order chi connectivity index (χ0) is 18.8. The third kappa shape index (κ3) is 3.55. The number of amides is 1. The van der Waals surface area contributed by atoms with E-state index in [-0.39, 0.29) is 12.5 Å². The van der Waals surface area contributed by atoms with Gasteiger partial charge in [-0.1, -0.05) is 18.2 Å². The highest BCUT2D eigenvalue weighted by Crippen LogP contribution is 2.18. The van der Waals surface area contributed by atoms with Gasteiger partial charge in [-0.05, 0) is 25.5 Å². The Balaban J connectivity index is 1.35. The van der Waals surface area contributed by atoms with Crippen molar-refractivity contribution in [1.82, 2.24) is 24.5 Å². The molecule has 2 aromatic heterocycles. The van der Waals surface area contributed by atoms with Crippen molar-refractivity contribution in [3.63, 3.8) is 0 Å². The number of para-hydroxylation sites is 1. The van der Waals surface area contributed by atoms with Crippen molar-refractivity contribution in [2.24, 2.45) is 0 Å². The number of aryl methyl sites for hydroxylation is 2. The highest BCUT2D eigenvalue weighted by Gasteiger charge is 2.23. The van der Waals surface area contributed by atoms with E-state index in [0.29, 0.717) is 18.9 Å². The molecule has 1 aromatic carbocycles. The van der Waals surface area contributed by atoms with Crippen LogP contribution in [0.4, 0.5) is 5.82 Å². The van der Waals surface area contributed by atoms with Gasteiger partial charge >= 0.3 is 0 Å². The SMILES string of the molecule is Cc1ccccc1OCC(=O)N1CCN(c2cc(C)n3cnnc3n2)CC1. The van der Waals surface area contributed by atoms with Crippen molar-refractivity contribution in [3.8, 4) is 5.75 Å². The number of carbonyl (C=O) groups is 1. The van der Waals surface area contributed by atoms with Gasteiger partial charge in [0.1, 0.15) is 17.9 Å². The average Bonchev–Trinajstić information content (AvgIpc) is 3.16. The van der Waals surface area contributed by atoms with E-state index < -0.39 is 0 Å². The maximum atomic E-state index is 12.5. The summed E-state index contributed by atoms with van der Waals surface area (Å²) in [5.41, 5.74) is 2.06. The van der Waals surface area contributed by atoms with E-state index in [9.17, 15) is 4.79 Å². The third-order valence-corrected chi connectivity index (χ3v) is 4.86. The lowest BCUT2D eigenvalue weighted by atomic mass is 10.2. The number of aromatic nitrogens is 4. The molecule has 0 N–H and O–H groups in total. The minimum absolute atomic E-state index is 0.00921. The molecule has 1 fully saturated rings. The van der Waals surface area contributed by atoms with Gasteiger partial charge in [-0.2, -0.15) is 4.98 Å². The second kappa shape index (κ2) is 7.22. The van der Waals surface area contributed by atoms with E-state index in [2.05, 4.69) is 20.1 Å². The molecule has 1 saturated heterocycles. The van der Waals surface area contributed by atoms with Gasteiger partial charge in [0.2, 0.25) is 0 Å². The monoisotopic (exact) mass is 366 g/mol. The first kappa shape index (κ1) is 17.3. The molecule has 0 bridgehead atoms.